The third-order valence-electron chi connectivity index (χ3n) is 2.52. The molecule has 106 valence electrons. The van der Waals surface area contributed by atoms with E-state index in [1.165, 1.54) is 0 Å². The van der Waals surface area contributed by atoms with E-state index in [0.29, 0.717) is 18.0 Å². The maximum atomic E-state index is 11.8. The number of rotatable bonds is 8. The Morgan fingerprint density at radius 3 is 3.11 bits per heavy atom. The standard InChI is InChI=1S/C13H21N3O2S/c1-2-3-11(14)13(18)16-12-8-10(4-5-15-12)9-19-7-6-17/h4-5,8,11,17H,2-3,6-7,9,14H2,1H3,(H,15,16,18). The average Bonchev–Trinajstić information content (AvgIpc) is 2.40. The predicted molar refractivity (Wildman–Crippen MR) is 79.0 cm³/mol. The molecule has 0 aromatic carbocycles. The maximum absolute atomic E-state index is 11.8. The lowest BCUT2D eigenvalue weighted by Gasteiger charge is -2.11. The minimum atomic E-state index is -0.487. The third kappa shape index (κ3) is 6.04. The summed E-state index contributed by atoms with van der Waals surface area (Å²) in [5.74, 6) is 1.81. The Bertz CT molecular complexity index is 401. The topological polar surface area (TPSA) is 88.2 Å². The van der Waals surface area contributed by atoms with E-state index in [1.807, 2.05) is 19.1 Å². The van der Waals surface area contributed by atoms with Gasteiger partial charge in [0.2, 0.25) is 5.91 Å². The van der Waals surface area contributed by atoms with E-state index in [9.17, 15) is 4.79 Å². The van der Waals surface area contributed by atoms with Crippen LogP contribution in [0, 0.1) is 0 Å². The smallest absolute Gasteiger partial charge is 0.242 e. The van der Waals surface area contributed by atoms with Crippen LogP contribution >= 0.6 is 11.8 Å². The van der Waals surface area contributed by atoms with Crippen LogP contribution in [0.25, 0.3) is 0 Å². The van der Waals surface area contributed by atoms with Crippen molar-refractivity contribution in [1.29, 1.82) is 0 Å². The van der Waals surface area contributed by atoms with Gasteiger partial charge in [-0.15, -0.1) is 0 Å². The molecule has 0 saturated heterocycles. The molecule has 1 unspecified atom stereocenters. The molecule has 5 nitrogen and oxygen atoms in total. The number of hydrogen-bond donors (Lipinski definition) is 3. The maximum Gasteiger partial charge on any atom is 0.242 e. The molecule has 1 heterocycles. The summed E-state index contributed by atoms with van der Waals surface area (Å²) in [6, 6.07) is 3.24. The van der Waals surface area contributed by atoms with Gasteiger partial charge in [-0.3, -0.25) is 4.79 Å². The van der Waals surface area contributed by atoms with Crippen molar-refractivity contribution in [3.8, 4) is 0 Å². The third-order valence-corrected chi connectivity index (χ3v) is 3.53. The van der Waals surface area contributed by atoms with Crippen molar-refractivity contribution in [2.75, 3.05) is 17.7 Å². The molecule has 0 aliphatic rings. The number of pyridine rings is 1. The number of nitrogens with one attached hydrogen (secondary N) is 1. The minimum absolute atomic E-state index is 0.172. The Labute approximate surface area is 118 Å². The second-order valence-corrected chi connectivity index (χ2v) is 5.32. The molecular weight excluding hydrogens is 262 g/mol. The van der Waals surface area contributed by atoms with E-state index < -0.39 is 6.04 Å². The van der Waals surface area contributed by atoms with Gasteiger partial charge in [-0.2, -0.15) is 11.8 Å². The Morgan fingerprint density at radius 2 is 2.42 bits per heavy atom. The number of nitrogens with two attached hydrogens (primary N) is 1. The summed E-state index contributed by atoms with van der Waals surface area (Å²) in [7, 11) is 0. The number of amides is 1. The SMILES string of the molecule is CCCC(N)C(=O)Nc1cc(CSCCO)ccn1. The van der Waals surface area contributed by atoms with Crippen molar-refractivity contribution in [1.82, 2.24) is 4.98 Å². The van der Waals surface area contributed by atoms with E-state index in [2.05, 4.69) is 10.3 Å². The summed E-state index contributed by atoms with van der Waals surface area (Å²) in [5.41, 5.74) is 6.80. The first-order valence-electron chi connectivity index (χ1n) is 6.37. The number of carbonyl (C=O) groups excluding carboxylic acids is 1. The molecular formula is C13H21N3O2S. The zero-order valence-electron chi connectivity index (χ0n) is 11.1. The van der Waals surface area contributed by atoms with Crippen LogP contribution in [0.4, 0.5) is 5.82 Å². The predicted octanol–water partition coefficient (Wildman–Crippen LogP) is 1.37. The molecule has 1 aromatic rings. The number of carbonyl (C=O) groups is 1. The zero-order chi connectivity index (χ0) is 14.1. The van der Waals surface area contributed by atoms with Crippen molar-refractivity contribution < 1.29 is 9.90 Å². The van der Waals surface area contributed by atoms with Crippen LogP contribution in [0.5, 0.6) is 0 Å². The summed E-state index contributed by atoms with van der Waals surface area (Å²) < 4.78 is 0. The zero-order valence-corrected chi connectivity index (χ0v) is 11.9. The molecule has 0 radical (unpaired) electrons. The normalized spacial score (nSPS) is 12.2. The molecule has 6 heteroatoms. The van der Waals surface area contributed by atoms with Crippen molar-refractivity contribution in [3.05, 3.63) is 23.9 Å². The summed E-state index contributed by atoms with van der Waals surface area (Å²) in [4.78, 5) is 15.9. The number of nitrogens with zero attached hydrogens (tertiary/aromatic N) is 1. The Morgan fingerprint density at radius 1 is 1.63 bits per heavy atom. The van der Waals surface area contributed by atoms with Gasteiger partial charge in [0.05, 0.1) is 12.6 Å². The van der Waals surface area contributed by atoms with E-state index in [1.54, 1.807) is 18.0 Å². The largest absolute Gasteiger partial charge is 0.396 e. The monoisotopic (exact) mass is 283 g/mol. The highest BCUT2D eigenvalue weighted by Gasteiger charge is 2.12. The quantitative estimate of drug-likeness (QED) is 0.627. The summed E-state index contributed by atoms with van der Waals surface area (Å²) in [5, 5.41) is 11.4. The van der Waals surface area contributed by atoms with Crippen LogP contribution in [-0.4, -0.2) is 34.4 Å². The summed E-state index contributed by atoms with van der Waals surface area (Å²) in [6.07, 6.45) is 3.20. The molecule has 0 bridgehead atoms. The molecule has 1 amide bonds. The molecule has 0 spiro atoms. The van der Waals surface area contributed by atoms with Crippen LogP contribution in [-0.2, 0) is 10.5 Å². The summed E-state index contributed by atoms with van der Waals surface area (Å²) in [6.45, 7) is 2.16. The number of thioether (sulfide) groups is 1. The van der Waals surface area contributed by atoms with Crippen LogP contribution in [0.3, 0.4) is 0 Å². The van der Waals surface area contributed by atoms with Gasteiger partial charge in [-0.1, -0.05) is 13.3 Å². The molecule has 0 saturated carbocycles. The lowest BCUT2D eigenvalue weighted by molar-refractivity contribution is -0.117. The highest BCUT2D eigenvalue weighted by molar-refractivity contribution is 7.98. The second kappa shape index (κ2) is 8.90. The number of aromatic nitrogens is 1. The van der Waals surface area contributed by atoms with Gasteiger partial charge < -0.3 is 16.2 Å². The number of aliphatic hydroxyl groups excluding tert-OH is 1. The molecule has 4 N–H and O–H groups in total. The van der Waals surface area contributed by atoms with Gasteiger partial charge >= 0.3 is 0 Å². The van der Waals surface area contributed by atoms with Gasteiger partial charge in [0.1, 0.15) is 5.82 Å². The van der Waals surface area contributed by atoms with E-state index in [0.717, 1.165) is 17.7 Å². The lowest BCUT2D eigenvalue weighted by atomic mass is 10.1. The van der Waals surface area contributed by atoms with Crippen molar-refractivity contribution in [2.45, 2.75) is 31.6 Å². The van der Waals surface area contributed by atoms with Gasteiger partial charge in [-0.05, 0) is 24.1 Å². The van der Waals surface area contributed by atoms with Crippen LogP contribution in [0.1, 0.15) is 25.3 Å². The second-order valence-electron chi connectivity index (χ2n) is 4.21. The first-order chi connectivity index (χ1) is 9.17. The van der Waals surface area contributed by atoms with Gasteiger partial charge in [-0.25, -0.2) is 4.98 Å². The first kappa shape index (κ1) is 15.9. The fraction of sp³-hybridized carbons (Fsp3) is 0.538. The minimum Gasteiger partial charge on any atom is -0.396 e. The van der Waals surface area contributed by atoms with Crippen molar-refractivity contribution >= 4 is 23.5 Å². The Balaban J connectivity index is 2.54. The van der Waals surface area contributed by atoms with Gasteiger partial charge in [0, 0.05) is 17.7 Å². The Hall–Kier alpha value is -1.11. The van der Waals surface area contributed by atoms with E-state index in [4.69, 9.17) is 10.8 Å². The lowest BCUT2D eigenvalue weighted by Crippen LogP contribution is -2.35. The molecule has 0 aliphatic heterocycles. The van der Waals surface area contributed by atoms with Crippen molar-refractivity contribution in [3.63, 3.8) is 0 Å². The molecule has 0 fully saturated rings. The fourth-order valence-electron chi connectivity index (χ4n) is 1.55. The fourth-order valence-corrected chi connectivity index (χ4v) is 2.24. The number of aliphatic hydroxyl groups is 1. The molecule has 0 aliphatic carbocycles. The number of anilines is 1. The van der Waals surface area contributed by atoms with Gasteiger partial charge in [0.25, 0.3) is 0 Å². The van der Waals surface area contributed by atoms with Crippen LogP contribution in [0.2, 0.25) is 0 Å². The Kier molecular flexibility index (Phi) is 7.47. The highest BCUT2D eigenvalue weighted by Crippen LogP contribution is 2.14. The molecule has 19 heavy (non-hydrogen) atoms. The summed E-state index contributed by atoms with van der Waals surface area (Å²) >= 11 is 1.63. The molecule has 1 atom stereocenters. The van der Waals surface area contributed by atoms with Crippen LogP contribution < -0.4 is 11.1 Å². The highest BCUT2D eigenvalue weighted by atomic mass is 32.2. The first-order valence-corrected chi connectivity index (χ1v) is 7.52. The molecule has 1 rings (SSSR count). The van der Waals surface area contributed by atoms with E-state index in [-0.39, 0.29) is 12.5 Å². The van der Waals surface area contributed by atoms with Crippen LogP contribution in [0.15, 0.2) is 18.3 Å². The van der Waals surface area contributed by atoms with Crippen molar-refractivity contribution in [2.24, 2.45) is 5.73 Å². The number of hydrogen-bond acceptors (Lipinski definition) is 5. The van der Waals surface area contributed by atoms with E-state index >= 15 is 0 Å². The average molecular weight is 283 g/mol. The van der Waals surface area contributed by atoms with Gasteiger partial charge in [0.15, 0.2) is 0 Å². The molecule has 1 aromatic heterocycles.